The van der Waals surface area contributed by atoms with Crippen LogP contribution in [0.4, 0.5) is 0 Å². The first-order valence-corrected chi connectivity index (χ1v) is 6.75. The summed E-state index contributed by atoms with van der Waals surface area (Å²) >= 11 is 2.23. The van der Waals surface area contributed by atoms with E-state index >= 15 is 0 Å². The van der Waals surface area contributed by atoms with Crippen molar-refractivity contribution in [3.63, 3.8) is 0 Å². The van der Waals surface area contributed by atoms with Crippen molar-refractivity contribution in [1.82, 2.24) is 0 Å². The first-order chi connectivity index (χ1) is 6.37. The minimum Gasteiger partial charge on any atom is -0.161 e. The van der Waals surface area contributed by atoms with E-state index in [1.165, 1.54) is 50.0 Å². The number of hydrogen-bond acceptors (Lipinski definition) is 1. The highest BCUT2D eigenvalue weighted by Crippen LogP contribution is 2.63. The maximum atomic E-state index is 2.45. The van der Waals surface area contributed by atoms with Crippen molar-refractivity contribution in [3.8, 4) is 0 Å². The summed E-state index contributed by atoms with van der Waals surface area (Å²) in [6, 6.07) is 0. The fourth-order valence-corrected chi connectivity index (χ4v) is 5.74. The molecule has 2 unspecified atom stereocenters. The van der Waals surface area contributed by atoms with Crippen molar-refractivity contribution >= 4 is 11.8 Å². The number of allylic oxidation sites excluding steroid dienone is 2. The summed E-state index contributed by atoms with van der Waals surface area (Å²) in [5, 5.41) is 0. The summed E-state index contributed by atoms with van der Waals surface area (Å²) in [5.41, 5.74) is 1.48. The molecule has 0 N–H and O–H groups in total. The minimum atomic E-state index is 0.741. The molecule has 72 valence electrons. The lowest BCUT2D eigenvalue weighted by molar-refractivity contribution is 0.0342. The van der Waals surface area contributed by atoms with Gasteiger partial charge in [0.25, 0.3) is 0 Å². The zero-order valence-electron chi connectivity index (χ0n) is 8.22. The molecule has 0 aromatic carbocycles. The van der Waals surface area contributed by atoms with E-state index in [1.54, 1.807) is 0 Å². The molecule has 0 aromatic rings. The van der Waals surface area contributed by atoms with E-state index in [0.717, 1.165) is 10.8 Å². The van der Waals surface area contributed by atoms with Crippen molar-refractivity contribution in [1.29, 1.82) is 0 Å². The normalized spacial score (nSPS) is 48.6. The summed E-state index contributed by atoms with van der Waals surface area (Å²) in [5.74, 6) is 2.91. The van der Waals surface area contributed by atoms with E-state index in [4.69, 9.17) is 0 Å². The third kappa shape index (κ3) is 1.000. The van der Waals surface area contributed by atoms with Crippen LogP contribution in [0.1, 0.15) is 38.5 Å². The molecule has 3 aliphatic rings. The summed E-state index contributed by atoms with van der Waals surface area (Å²) in [7, 11) is 0. The highest BCUT2D eigenvalue weighted by atomic mass is 32.2. The van der Waals surface area contributed by atoms with Crippen LogP contribution in [0.2, 0.25) is 0 Å². The van der Waals surface area contributed by atoms with Crippen LogP contribution in [0.25, 0.3) is 0 Å². The Morgan fingerprint density at radius 3 is 1.92 bits per heavy atom. The van der Waals surface area contributed by atoms with E-state index in [9.17, 15) is 0 Å². The topological polar surface area (TPSA) is 0 Å². The van der Waals surface area contributed by atoms with E-state index in [-0.39, 0.29) is 0 Å². The van der Waals surface area contributed by atoms with Gasteiger partial charge in [-0.1, -0.05) is 25.0 Å². The van der Waals surface area contributed by atoms with Gasteiger partial charge in [0.1, 0.15) is 0 Å². The Kier molecular flexibility index (Phi) is 1.80. The molecule has 13 heavy (non-hydrogen) atoms. The van der Waals surface area contributed by atoms with Crippen molar-refractivity contribution < 1.29 is 0 Å². The lowest BCUT2D eigenvalue weighted by atomic mass is 9.53. The monoisotopic (exact) mass is 194 g/mol. The molecule has 2 atom stereocenters. The van der Waals surface area contributed by atoms with Gasteiger partial charge in [0.2, 0.25) is 0 Å². The van der Waals surface area contributed by atoms with Crippen molar-refractivity contribution in [2.24, 2.45) is 10.8 Å². The Morgan fingerprint density at radius 2 is 1.38 bits per heavy atom. The predicted octanol–water partition coefficient (Wildman–Crippen LogP) is 3.63. The average Bonchev–Trinajstić information content (AvgIpc) is 2.56. The van der Waals surface area contributed by atoms with Gasteiger partial charge >= 0.3 is 0 Å². The summed E-state index contributed by atoms with van der Waals surface area (Å²) < 4.78 is 0. The molecule has 1 aliphatic heterocycles. The molecule has 0 amide bonds. The third-order valence-corrected chi connectivity index (χ3v) is 6.14. The van der Waals surface area contributed by atoms with E-state index in [2.05, 4.69) is 23.9 Å². The molecular weight excluding hydrogens is 176 g/mol. The van der Waals surface area contributed by atoms with Crippen LogP contribution in [-0.2, 0) is 0 Å². The van der Waals surface area contributed by atoms with Crippen molar-refractivity contribution in [2.45, 2.75) is 38.5 Å². The Bertz CT molecular complexity index is 222. The Hall–Kier alpha value is 0.0900. The SMILES string of the molecule is C1=CCC23CCCCC2(C1)CSC3. The maximum absolute atomic E-state index is 2.45. The number of hydrogen-bond donors (Lipinski definition) is 0. The van der Waals surface area contributed by atoms with Crippen LogP contribution in [0.3, 0.4) is 0 Å². The lowest BCUT2D eigenvalue weighted by Crippen LogP contribution is -2.44. The highest BCUT2D eigenvalue weighted by Gasteiger charge is 2.55. The summed E-state index contributed by atoms with van der Waals surface area (Å²) in [6.45, 7) is 0. The number of rotatable bonds is 0. The van der Waals surface area contributed by atoms with Gasteiger partial charge in [-0.05, 0) is 48.0 Å². The van der Waals surface area contributed by atoms with Crippen LogP contribution < -0.4 is 0 Å². The first kappa shape index (κ1) is 8.40. The quantitative estimate of drug-likeness (QED) is 0.531. The molecule has 3 rings (SSSR count). The smallest absolute Gasteiger partial charge is 0.000189 e. The molecule has 1 heterocycles. The van der Waals surface area contributed by atoms with E-state index < -0.39 is 0 Å². The van der Waals surface area contributed by atoms with Gasteiger partial charge in [0.15, 0.2) is 0 Å². The van der Waals surface area contributed by atoms with Gasteiger partial charge in [0, 0.05) is 0 Å². The van der Waals surface area contributed by atoms with Gasteiger partial charge in [-0.3, -0.25) is 0 Å². The second-order valence-corrected chi connectivity index (χ2v) is 6.13. The molecule has 0 radical (unpaired) electrons. The standard InChI is InChI=1S/C12H18S/c1-2-6-12-8-4-3-7-11(12,5-1)9-13-10-12/h1-2H,3-10H2. The molecular formula is C12H18S. The van der Waals surface area contributed by atoms with Crippen LogP contribution >= 0.6 is 11.8 Å². The summed E-state index contributed by atoms with van der Waals surface area (Å²) in [6.07, 6.45) is 13.7. The molecule has 2 fully saturated rings. The highest BCUT2D eigenvalue weighted by molar-refractivity contribution is 7.99. The second kappa shape index (κ2) is 2.79. The van der Waals surface area contributed by atoms with Gasteiger partial charge in [0.05, 0.1) is 0 Å². The van der Waals surface area contributed by atoms with Crippen LogP contribution in [0.15, 0.2) is 12.2 Å². The molecule has 1 saturated carbocycles. The zero-order chi connectivity index (χ0) is 8.78. The molecule has 0 aromatic heterocycles. The number of thioether (sulfide) groups is 1. The molecule has 2 aliphatic carbocycles. The Morgan fingerprint density at radius 1 is 0.846 bits per heavy atom. The third-order valence-electron chi connectivity index (χ3n) is 4.63. The van der Waals surface area contributed by atoms with Crippen molar-refractivity contribution in [2.75, 3.05) is 11.5 Å². The average molecular weight is 194 g/mol. The van der Waals surface area contributed by atoms with Gasteiger partial charge in [-0.25, -0.2) is 0 Å². The predicted molar refractivity (Wildman–Crippen MR) is 59.0 cm³/mol. The first-order valence-electron chi connectivity index (χ1n) is 5.60. The maximum Gasteiger partial charge on any atom is -0.000189 e. The Balaban J connectivity index is 2.02. The van der Waals surface area contributed by atoms with Crippen LogP contribution in [0.5, 0.6) is 0 Å². The fraction of sp³-hybridized carbons (Fsp3) is 0.833. The Labute approximate surface area is 85.2 Å². The molecule has 1 saturated heterocycles. The van der Waals surface area contributed by atoms with Crippen LogP contribution in [0, 0.1) is 10.8 Å². The fourth-order valence-electron chi connectivity index (χ4n) is 3.72. The molecule has 1 heteroatoms. The largest absolute Gasteiger partial charge is 0.161 e. The second-order valence-electron chi connectivity index (χ2n) is 5.14. The summed E-state index contributed by atoms with van der Waals surface area (Å²) in [4.78, 5) is 0. The van der Waals surface area contributed by atoms with Gasteiger partial charge < -0.3 is 0 Å². The van der Waals surface area contributed by atoms with Crippen molar-refractivity contribution in [3.05, 3.63) is 12.2 Å². The molecule has 0 spiro atoms. The lowest BCUT2D eigenvalue weighted by Gasteiger charge is -2.50. The minimum absolute atomic E-state index is 0.741. The van der Waals surface area contributed by atoms with E-state index in [1.807, 2.05) is 0 Å². The van der Waals surface area contributed by atoms with Crippen LogP contribution in [-0.4, -0.2) is 11.5 Å². The van der Waals surface area contributed by atoms with Gasteiger partial charge in [-0.15, -0.1) is 0 Å². The zero-order valence-corrected chi connectivity index (χ0v) is 9.04. The van der Waals surface area contributed by atoms with Gasteiger partial charge in [-0.2, -0.15) is 11.8 Å². The van der Waals surface area contributed by atoms with E-state index in [0.29, 0.717) is 0 Å². The molecule has 0 nitrogen and oxygen atoms in total. The molecule has 0 bridgehead atoms.